The Morgan fingerprint density at radius 2 is 1.81 bits per heavy atom. The number of carbonyl (C=O) groups is 1. The van der Waals surface area contributed by atoms with Crippen molar-refractivity contribution in [1.29, 1.82) is 0 Å². The molecule has 0 heterocycles. The average Bonchev–Trinajstić information content (AvgIpc) is 2.61. The topological polar surface area (TPSA) is 35.5 Å². The number of carbonyl (C=O) groups excluding carboxylic acids is 1. The van der Waals surface area contributed by atoms with E-state index in [4.69, 9.17) is 21.1 Å². The Hall–Kier alpha value is -1.43. The molecule has 0 N–H and O–H groups in total. The molecular formula is C20H26ClF3O3. The van der Waals surface area contributed by atoms with Crippen LogP contribution < -0.4 is 4.74 Å². The minimum atomic E-state index is -0.852. The number of alkyl halides is 2. The Kier molecular flexibility index (Phi) is 7.06. The van der Waals surface area contributed by atoms with Crippen LogP contribution >= 0.6 is 11.6 Å². The standard InChI is InChI=1S/C20H26ClF3O3/c1-19(2,3)27-18(25)14-8-15(21)17(9-16(14)24)26-10-13-4-6-20(11-22,12-23)7-5-13/h8-9,13H,4-7,10-12H2,1-3H3. The van der Waals surface area contributed by atoms with Gasteiger partial charge in [0.15, 0.2) is 0 Å². The molecule has 0 aromatic heterocycles. The van der Waals surface area contributed by atoms with Crippen LogP contribution in [0.2, 0.25) is 5.02 Å². The van der Waals surface area contributed by atoms with E-state index in [1.54, 1.807) is 20.8 Å². The summed E-state index contributed by atoms with van der Waals surface area (Å²) in [6.45, 7) is 4.03. The van der Waals surface area contributed by atoms with E-state index in [-0.39, 0.29) is 28.9 Å². The first-order valence-electron chi connectivity index (χ1n) is 9.06. The highest BCUT2D eigenvalue weighted by atomic mass is 35.5. The van der Waals surface area contributed by atoms with Gasteiger partial charge in [0.05, 0.1) is 30.5 Å². The molecule has 1 saturated carbocycles. The normalized spacial score (nSPS) is 17.6. The molecule has 0 unspecified atom stereocenters. The lowest BCUT2D eigenvalue weighted by atomic mass is 9.72. The molecule has 3 nitrogen and oxygen atoms in total. The molecule has 2 rings (SSSR count). The van der Waals surface area contributed by atoms with Gasteiger partial charge in [-0.05, 0) is 58.4 Å². The van der Waals surface area contributed by atoms with Crippen molar-refractivity contribution in [2.45, 2.75) is 52.1 Å². The lowest BCUT2D eigenvalue weighted by Gasteiger charge is -2.35. The summed E-state index contributed by atoms with van der Waals surface area (Å²) in [5.74, 6) is -1.31. The van der Waals surface area contributed by atoms with Gasteiger partial charge in [0.2, 0.25) is 0 Å². The van der Waals surface area contributed by atoms with Crippen LogP contribution in [-0.4, -0.2) is 31.5 Å². The van der Waals surface area contributed by atoms with Crippen molar-refractivity contribution in [3.8, 4) is 5.75 Å². The maximum Gasteiger partial charge on any atom is 0.341 e. The third-order valence-electron chi connectivity index (χ3n) is 4.85. The van der Waals surface area contributed by atoms with Gasteiger partial charge in [0.25, 0.3) is 0 Å². The number of benzene rings is 1. The molecule has 27 heavy (non-hydrogen) atoms. The number of esters is 1. The van der Waals surface area contributed by atoms with Crippen LogP contribution in [0.3, 0.4) is 0 Å². The first kappa shape index (κ1) is 21.9. The van der Waals surface area contributed by atoms with E-state index >= 15 is 0 Å². The summed E-state index contributed by atoms with van der Waals surface area (Å²) >= 11 is 6.13. The van der Waals surface area contributed by atoms with E-state index in [2.05, 4.69) is 0 Å². The largest absolute Gasteiger partial charge is 0.492 e. The molecule has 0 amide bonds. The van der Waals surface area contributed by atoms with Crippen LogP contribution in [0.4, 0.5) is 13.2 Å². The molecular weight excluding hydrogens is 381 g/mol. The summed E-state index contributed by atoms with van der Waals surface area (Å²) in [5, 5.41) is 0.106. The second-order valence-corrected chi connectivity index (χ2v) is 8.69. The van der Waals surface area contributed by atoms with Crippen molar-refractivity contribution in [3.05, 3.63) is 28.5 Å². The van der Waals surface area contributed by atoms with Crippen molar-refractivity contribution in [3.63, 3.8) is 0 Å². The Bertz CT molecular complexity index is 659. The molecule has 7 heteroatoms. The Balaban J connectivity index is 1.98. The van der Waals surface area contributed by atoms with Gasteiger partial charge in [-0.15, -0.1) is 0 Å². The smallest absolute Gasteiger partial charge is 0.341 e. The third kappa shape index (κ3) is 5.77. The zero-order chi connectivity index (χ0) is 20.2. The molecule has 0 bridgehead atoms. The minimum Gasteiger partial charge on any atom is -0.492 e. The summed E-state index contributed by atoms with van der Waals surface area (Å²) < 4.78 is 51.2. The number of hydrogen-bond donors (Lipinski definition) is 0. The van der Waals surface area contributed by atoms with Crippen molar-refractivity contribution in [1.82, 2.24) is 0 Å². The van der Waals surface area contributed by atoms with Gasteiger partial charge in [0, 0.05) is 11.5 Å². The van der Waals surface area contributed by atoms with Gasteiger partial charge in [-0.25, -0.2) is 9.18 Å². The van der Waals surface area contributed by atoms with E-state index < -0.39 is 36.2 Å². The fourth-order valence-corrected chi connectivity index (χ4v) is 3.31. The summed E-state index contributed by atoms with van der Waals surface area (Å²) in [4.78, 5) is 12.0. The first-order valence-corrected chi connectivity index (χ1v) is 9.44. The highest BCUT2D eigenvalue weighted by molar-refractivity contribution is 6.32. The summed E-state index contributed by atoms with van der Waals surface area (Å²) in [6.07, 6.45) is 2.22. The zero-order valence-electron chi connectivity index (χ0n) is 15.9. The molecule has 0 spiro atoms. The summed E-state index contributed by atoms with van der Waals surface area (Å²) in [6, 6.07) is 2.26. The molecule has 0 atom stereocenters. The predicted octanol–water partition coefficient (Wildman–Crippen LogP) is 5.93. The number of ether oxygens (including phenoxy) is 2. The molecule has 0 aliphatic heterocycles. The second-order valence-electron chi connectivity index (χ2n) is 8.29. The fraction of sp³-hybridized carbons (Fsp3) is 0.650. The zero-order valence-corrected chi connectivity index (χ0v) is 16.7. The van der Waals surface area contributed by atoms with E-state index in [0.717, 1.165) is 6.07 Å². The maximum atomic E-state index is 14.3. The summed E-state index contributed by atoms with van der Waals surface area (Å²) in [7, 11) is 0. The van der Waals surface area contributed by atoms with E-state index in [0.29, 0.717) is 25.7 Å². The molecule has 1 aromatic rings. The van der Waals surface area contributed by atoms with Crippen molar-refractivity contribution < 1.29 is 27.4 Å². The van der Waals surface area contributed by atoms with Crippen LogP contribution in [0.5, 0.6) is 5.75 Å². The van der Waals surface area contributed by atoms with E-state index in [1.807, 2.05) is 0 Å². The van der Waals surface area contributed by atoms with Crippen molar-refractivity contribution in [2.24, 2.45) is 11.3 Å². The van der Waals surface area contributed by atoms with Crippen LogP contribution in [0, 0.1) is 17.2 Å². The monoisotopic (exact) mass is 406 g/mol. The lowest BCUT2D eigenvalue weighted by Crippen LogP contribution is -2.33. The second kappa shape index (κ2) is 8.72. The molecule has 1 fully saturated rings. The fourth-order valence-electron chi connectivity index (χ4n) is 3.10. The van der Waals surface area contributed by atoms with Gasteiger partial charge in [0.1, 0.15) is 17.2 Å². The Morgan fingerprint density at radius 1 is 1.22 bits per heavy atom. The number of halogens is 4. The van der Waals surface area contributed by atoms with Gasteiger partial charge in [-0.1, -0.05) is 11.6 Å². The molecule has 1 aromatic carbocycles. The molecule has 0 radical (unpaired) electrons. The van der Waals surface area contributed by atoms with Gasteiger partial charge in [-0.3, -0.25) is 8.78 Å². The van der Waals surface area contributed by atoms with Gasteiger partial charge >= 0.3 is 5.97 Å². The summed E-state index contributed by atoms with van der Waals surface area (Å²) in [5.41, 5.74) is -1.86. The molecule has 1 aliphatic rings. The minimum absolute atomic E-state index is 0.106. The van der Waals surface area contributed by atoms with Crippen LogP contribution in [0.15, 0.2) is 12.1 Å². The molecule has 1 aliphatic carbocycles. The van der Waals surface area contributed by atoms with Gasteiger partial charge in [-0.2, -0.15) is 0 Å². The third-order valence-corrected chi connectivity index (χ3v) is 5.14. The van der Waals surface area contributed by atoms with Crippen LogP contribution in [-0.2, 0) is 4.74 Å². The SMILES string of the molecule is CC(C)(C)OC(=O)c1cc(Cl)c(OCC2CCC(CF)(CF)CC2)cc1F. The number of hydrogen-bond acceptors (Lipinski definition) is 3. The Morgan fingerprint density at radius 3 is 2.33 bits per heavy atom. The maximum absolute atomic E-state index is 14.3. The highest BCUT2D eigenvalue weighted by Gasteiger charge is 2.36. The van der Waals surface area contributed by atoms with E-state index in [1.165, 1.54) is 6.07 Å². The first-order chi connectivity index (χ1) is 12.6. The molecule has 152 valence electrons. The van der Waals surface area contributed by atoms with Crippen molar-refractivity contribution >= 4 is 17.6 Å². The molecule has 0 saturated heterocycles. The Labute approximate surface area is 163 Å². The van der Waals surface area contributed by atoms with Crippen LogP contribution in [0.25, 0.3) is 0 Å². The van der Waals surface area contributed by atoms with Crippen molar-refractivity contribution in [2.75, 3.05) is 20.0 Å². The average molecular weight is 407 g/mol. The van der Waals surface area contributed by atoms with E-state index in [9.17, 15) is 18.0 Å². The lowest BCUT2D eigenvalue weighted by molar-refractivity contribution is 0.00646. The highest BCUT2D eigenvalue weighted by Crippen LogP contribution is 2.40. The number of rotatable bonds is 6. The quantitative estimate of drug-likeness (QED) is 0.549. The van der Waals surface area contributed by atoms with Crippen LogP contribution in [0.1, 0.15) is 56.8 Å². The van der Waals surface area contributed by atoms with Gasteiger partial charge < -0.3 is 9.47 Å². The predicted molar refractivity (Wildman–Crippen MR) is 98.4 cm³/mol.